The van der Waals surface area contributed by atoms with Crippen LogP contribution in [0.3, 0.4) is 0 Å². The molecule has 0 saturated carbocycles. The van der Waals surface area contributed by atoms with E-state index in [2.05, 4.69) is 10.3 Å². The van der Waals surface area contributed by atoms with E-state index in [4.69, 9.17) is 0 Å². The molecule has 7 heteroatoms. The first kappa shape index (κ1) is 16.8. The molecule has 1 heterocycles. The molecule has 0 aliphatic carbocycles. The fourth-order valence-corrected chi connectivity index (χ4v) is 2.02. The largest absolute Gasteiger partial charge is 0.416 e. The van der Waals surface area contributed by atoms with Crippen molar-refractivity contribution < 1.29 is 18.0 Å². The number of carbonyl (C=O) groups is 1. The molecule has 0 spiro atoms. The average Bonchev–Trinajstić information content (AvgIpc) is 2.53. The Hall–Kier alpha value is -2.57. The number of carbonyl (C=O) groups excluding carboxylic acids is 1. The number of benzene rings is 1. The first-order valence-electron chi connectivity index (χ1n) is 6.81. The topological polar surface area (TPSA) is 45.2 Å². The van der Waals surface area contributed by atoms with Crippen LogP contribution in [-0.4, -0.2) is 32.0 Å². The summed E-state index contributed by atoms with van der Waals surface area (Å²) in [6.45, 7) is 0. The molecule has 0 bridgehead atoms. The number of hydrogen-bond acceptors (Lipinski definition) is 3. The van der Waals surface area contributed by atoms with Crippen LogP contribution < -0.4 is 10.2 Å². The van der Waals surface area contributed by atoms with Gasteiger partial charge in [-0.3, -0.25) is 4.79 Å². The SMILES string of the molecule is CNC(=O)c1cccc(-c2cc(C(F)(F)F)cc(N(C)C)n2)c1. The molecular weight excluding hydrogens is 307 g/mol. The number of rotatable bonds is 3. The average molecular weight is 323 g/mol. The minimum absolute atomic E-state index is 0.161. The third-order valence-corrected chi connectivity index (χ3v) is 3.24. The summed E-state index contributed by atoms with van der Waals surface area (Å²) in [4.78, 5) is 17.4. The van der Waals surface area contributed by atoms with Gasteiger partial charge in [-0.1, -0.05) is 12.1 Å². The van der Waals surface area contributed by atoms with Gasteiger partial charge in [0.05, 0.1) is 11.3 Å². The van der Waals surface area contributed by atoms with E-state index in [9.17, 15) is 18.0 Å². The van der Waals surface area contributed by atoms with E-state index < -0.39 is 11.7 Å². The van der Waals surface area contributed by atoms with Gasteiger partial charge in [0, 0.05) is 32.3 Å². The highest BCUT2D eigenvalue weighted by molar-refractivity contribution is 5.95. The molecule has 2 aromatic rings. The summed E-state index contributed by atoms with van der Waals surface area (Å²) >= 11 is 0. The zero-order valence-corrected chi connectivity index (χ0v) is 12.9. The summed E-state index contributed by atoms with van der Waals surface area (Å²) in [6, 6.07) is 8.30. The Kier molecular flexibility index (Phi) is 4.58. The van der Waals surface area contributed by atoms with E-state index in [1.165, 1.54) is 18.0 Å². The van der Waals surface area contributed by atoms with Crippen molar-refractivity contribution in [1.29, 1.82) is 0 Å². The molecule has 0 atom stereocenters. The van der Waals surface area contributed by atoms with E-state index in [0.717, 1.165) is 12.1 Å². The molecule has 2 rings (SSSR count). The van der Waals surface area contributed by atoms with Crippen LogP contribution in [0.5, 0.6) is 0 Å². The number of halogens is 3. The third kappa shape index (κ3) is 3.80. The second-order valence-corrected chi connectivity index (χ2v) is 5.15. The summed E-state index contributed by atoms with van der Waals surface area (Å²) in [6.07, 6.45) is -4.47. The standard InChI is InChI=1S/C16H16F3N3O/c1-20-15(23)11-6-4-5-10(7-11)13-8-12(16(17,18)19)9-14(21-13)22(2)3/h4-9H,1-3H3,(H,20,23). The van der Waals surface area contributed by atoms with Gasteiger partial charge in [-0.2, -0.15) is 13.2 Å². The van der Waals surface area contributed by atoms with Crippen LogP contribution in [0.2, 0.25) is 0 Å². The summed E-state index contributed by atoms with van der Waals surface area (Å²) in [5.74, 6) is -0.119. The maximum Gasteiger partial charge on any atom is 0.416 e. The van der Waals surface area contributed by atoms with Gasteiger partial charge in [0.1, 0.15) is 5.82 Å². The summed E-state index contributed by atoms with van der Waals surface area (Å²) < 4.78 is 39.2. The number of anilines is 1. The predicted octanol–water partition coefficient (Wildman–Crippen LogP) is 3.19. The second kappa shape index (κ2) is 6.28. The van der Waals surface area contributed by atoms with Crippen LogP contribution in [0.4, 0.5) is 19.0 Å². The number of nitrogens with one attached hydrogen (secondary N) is 1. The maximum absolute atomic E-state index is 13.1. The van der Waals surface area contributed by atoms with Gasteiger partial charge in [-0.15, -0.1) is 0 Å². The van der Waals surface area contributed by atoms with Gasteiger partial charge in [0.15, 0.2) is 0 Å². The van der Waals surface area contributed by atoms with Crippen LogP contribution in [0.25, 0.3) is 11.3 Å². The lowest BCUT2D eigenvalue weighted by molar-refractivity contribution is -0.137. The number of amides is 1. The highest BCUT2D eigenvalue weighted by atomic mass is 19.4. The second-order valence-electron chi connectivity index (χ2n) is 5.15. The Morgan fingerprint density at radius 1 is 1.17 bits per heavy atom. The molecule has 0 fully saturated rings. The van der Waals surface area contributed by atoms with Gasteiger partial charge in [-0.25, -0.2) is 4.98 Å². The number of hydrogen-bond donors (Lipinski definition) is 1. The summed E-state index contributed by atoms with van der Waals surface area (Å²) in [5, 5.41) is 2.48. The molecule has 0 unspecified atom stereocenters. The number of aromatic nitrogens is 1. The van der Waals surface area contributed by atoms with E-state index in [1.807, 2.05) is 0 Å². The molecule has 0 aliphatic rings. The quantitative estimate of drug-likeness (QED) is 0.943. The van der Waals surface area contributed by atoms with Crippen molar-refractivity contribution in [1.82, 2.24) is 10.3 Å². The van der Waals surface area contributed by atoms with Crippen LogP contribution in [0.1, 0.15) is 15.9 Å². The zero-order chi connectivity index (χ0) is 17.2. The first-order chi connectivity index (χ1) is 10.7. The van der Waals surface area contributed by atoms with E-state index in [0.29, 0.717) is 11.1 Å². The molecule has 1 N–H and O–H groups in total. The van der Waals surface area contributed by atoms with Crippen LogP contribution in [0.15, 0.2) is 36.4 Å². The molecular formula is C16H16F3N3O. The Morgan fingerprint density at radius 3 is 2.43 bits per heavy atom. The van der Waals surface area contributed by atoms with Crippen molar-refractivity contribution in [2.24, 2.45) is 0 Å². The molecule has 0 aliphatic heterocycles. The van der Waals surface area contributed by atoms with Gasteiger partial charge in [0.2, 0.25) is 0 Å². The Bertz CT molecular complexity index is 727. The Balaban J connectivity index is 2.59. The number of pyridine rings is 1. The molecule has 1 amide bonds. The molecule has 23 heavy (non-hydrogen) atoms. The van der Waals surface area contributed by atoms with Crippen molar-refractivity contribution in [2.75, 3.05) is 26.0 Å². The minimum Gasteiger partial charge on any atom is -0.363 e. The fourth-order valence-electron chi connectivity index (χ4n) is 2.02. The lowest BCUT2D eigenvalue weighted by atomic mass is 10.1. The van der Waals surface area contributed by atoms with Crippen LogP contribution in [-0.2, 0) is 6.18 Å². The fraction of sp³-hybridized carbons (Fsp3) is 0.250. The summed E-state index contributed by atoms with van der Waals surface area (Å²) in [7, 11) is 4.72. The predicted molar refractivity (Wildman–Crippen MR) is 82.4 cm³/mol. The highest BCUT2D eigenvalue weighted by Gasteiger charge is 2.32. The van der Waals surface area contributed by atoms with Gasteiger partial charge < -0.3 is 10.2 Å². The minimum atomic E-state index is -4.47. The zero-order valence-electron chi connectivity index (χ0n) is 12.9. The number of alkyl halides is 3. The normalized spacial score (nSPS) is 11.2. The molecule has 122 valence electrons. The van der Waals surface area contributed by atoms with Crippen LogP contribution >= 0.6 is 0 Å². The highest BCUT2D eigenvalue weighted by Crippen LogP contribution is 2.34. The molecule has 0 radical (unpaired) electrons. The van der Waals surface area contributed by atoms with Crippen molar-refractivity contribution in [3.05, 3.63) is 47.5 Å². The maximum atomic E-state index is 13.1. The van der Waals surface area contributed by atoms with Gasteiger partial charge >= 0.3 is 6.18 Å². The van der Waals surface area contributed by atoms with Crippen molar-refractivity contribution in [3.8, 4) is 11.3 Å². The van der Waals surface area contributed by atoms with E-state index >= 15 is 0 Å². The Morgan fingerprint density at radius 2 is 1.87 bits per heavy atom. The number of nitrogens with zero attached hydrogens (tertiary/aromatic N) is 2. The Labute approximate surface area is 132 Å². The molecule has 1 aromatic heterocycles. The lowest BCUT2D eigenvalue weighted by Crippen LogP contribution is -2.17. The monoisotopic (exact) mass is 323 g/mol. The molecule has 1 aromatic carbocycles. The smallest absolute Gasteiger partial charge is 0.363 e. The van der Waals surface area contributed by atoms with E-state index in [-0.39, 0.29) is 17.4 Å². The van der Waals surface area contributed by atoms with Gasteiger partial charge in [0.25, 0.3) is 5.91 Å². The third-order valence-electron chi connectivity index (χ3n) is 3.24. The van der Waals surface area contributed by atoms with Crippen molar-refractivity contribution in [3.63, 3.8) is 0 Å². The van der Waals surface area contributed by atoms with Crippen molar-refractivity contribution in [2.45, 2.75) is 6.18 Å². The van der Waals surface area contributed by atoms with Gasteiger partial charge in [-0.05, 0) is 24.3 Å². The first-order valence-corrected chi connectivity index (χ1v) is 6.81. The lowest BCUT2D eigenvalue weighted by Gasteiger charge is -2.16. The molecule has 4 nitrogen and oxygen atoms in total. The van der Waals surface area contributed by atoms with Crippen molar-refractivity contribution >= 4 is 11.7 Å². The molecule has 0 saturated heterocycles. The van der Waals surface area contributed by atoms with Crippen LogP contribution in [0, 0.1) is 0 Å². The van der Waals surface area contributed by atoms with E-state index in [1.54, 1.807) is 32.3 Å². The summed E-state index contributed by atoms with van der Waals surface area (Å²) in [5.41, 5.74) is 0.182.